The summed E-state index contributed by atoms with van der Waals surface area (Å²) in [4.78, 5) is 27.8. The average molecular weight is 274 g/mol. The van der Waals surface area contributed by atoms with Gasteiger partial charge in [0.25, 0.3) is 0 Å². The number of carbonyl (C=O) groups is 2. The topological polar surface area (TPSA) is 67.8 Å². The van der Waals surface area contributed by atoms with E-state index < -0.39 is 0 Å². The number of aliphatic imine (C=N–C) groups is 1. The number of rotatable bonds is 3. The van der Waals surface area contributed by atoms with Crippen LogP contribution in [0.3, 0.4) is 0 Å². The van der Waals surface area contributed by atoms with Crippen molar-refractivity contribution >= 4 is 29.0 Å². The zero-order chi connectivity index (χ0) is 14.7. The highest BCUT2D eigenvalue weighted by atomic mass is 16.5. The minimum absolute atomic E-state index is 0.0492. The Morgan fingerprint density at radius 3 is 2.75 bits per heavy atom. The standard InChI is InChI=1S/C15H18N2O3/c1-4-20-15(19)8-11-7-14(18)17-13-6-10(3)9(2)5-12(13)16-11/h5-6H,4,7-8H2,1-3H3,(H,17,18). The van der Waals surface area contributed by atoms with Gasteiger partial charge in [0.1, 0.15) is 0 Å². The van der Waals surface area contributed by atoms with Gasteiger partial charge in [0.15, 0.2) is 0 Å². The predicted octanol–water partition coefficient (Wildman–Crippen LogP) is 2.67. The molecule has 20 heavy (non-hydrogen) atoms. The van der Waals surface area contributed by atoms with Crippen LogP contribution >= 0.6 is 0 Å². The van der Waals surface area contributed by atoms with Gasteiger partial charge >= 0.3 is 5.97 Å². The van der Waals surface area contributed by atoms with E-state index >= 15 is 0 Å². The third-order valence-corrected chi connectivity index (χ3v) is 3.18. The Labute approximate surface area is 118 Å². The van der Waals surface area contributed by atoms with Crippen LogP contribution < -0.4 is 5.32 Å². The first-order chi connectivity index (χ1) is 9.49. The Balaban J connectivity index is 2.33. The third kappa shape index (κ3) is 3.23. The first-order valence-corrected chi connectivity index (χ1v) is 6.62. The number of hydrogen-bond donors (Lipinski definition) is 1. The summed E-state index contributed by atoms with van der Waals surface area (Å²) in [5.74, 6) is -0.513. The highest BCUT2D eigenvalue weighted by Gasteiger charge is 2.19. The van der Waals surface area contributed by atoms with Crippen LogP contribution in [0.4, 0.5) is 11.4 Å². The van der Waals surface area contributed by atoms with E-state index in [1.165, 1.54) is 0 Å². The molecule has 0 aliphatic carbocycles. The third-order valence-electron chi connectivity index (χ3n) is 3.18. The van der Waals surface area contributed by atoms with E-state index in [1.54, 1.807) is 6.92 Å². The molecule has 0 fully saturated rings. The number of benzene rings is 1. The molecular formula is C15H18N2O3. The number of anilines is 1. The summed E-state index contributed by atoms with van der Waals surface area (Å²) in [5.41, 5.74) is 4.10. The molecule has 0 radical (unpaired) electrons. The van der Waals surface area contributed by atoms with E-state index in [1.807, 2.05) is 26.0 Å². The molecule has 5 nitrogen and oxygen atoms in total. The van der Waals surface area contributed by atoms with Crippen molar-refractivity contribution in [3.63, 3.8) is 0 Å². The molecule has 1 heterocycles. The number of amides is 1. The molecule has 106 valence electrons. The molecule has 0 bridgehead atoms. The maximum Gasteiger partial charge on any atom is 0.311 e. The second kappa shape index (κ2) is 5.86. The number of ether oxygens (including phenoxy) is 1. The number of esters is 1. The lowest BCUT2D eigenvalue weighted by Gasteiger charge is -2.08. The molecular weight excluding hydrogens is 256 g/mol. The highest BCUT2D eigenvalue weighted by molar-refractivity contribution is 6.14. The van der Waals surface area contributed by atoms with Crippen LogP contribution in [-0.2, 0) is 14.3 Å². The summed E-state index contributed by atoms with van der Waals surface area (Å²) >= 11 is 0. The molecule has 0 saturated carbocycles. The maximum absolute atomic E-state index is 11.8. The van der Waals surface area contributed by atoms with E-state index in [0.29, 0.717) is 23.7 Å². The Kier molecular flexibility index (Phi) is 4.17. The van der Waals surface area contributed by atoms with Gasteiger partial charge in [0.2, 0.25) is 5.91 Å². The van der Waals surface area contributed by atoms with Crippen molar-refractivity contribution in [3.05, 3.63) is 23.3 Å². The van der Waals surface area contributed by atoms with E-state index in [0.717, 1.165) is 11.1 Å². The molecule has 5 heteroatoms. The van der Waals surface area contributed by atoms with Crippen molar-refractivity contribution < 1.29 is 14.3 Å². The fourth-order valence-electron chi connectivity index (χ4n) is 2.06. The van der Waals surface area contributed by atoms with Crippen LogP contribution in [0, 0.1) is 13.8 Å². The van der Waals surface area contributed by atoms with Crippen LogP contribution in [0.5, 0.6) is 0 Å². The molecule has 1 aromatic rings. The first-order valence-electron chi connectivity index (χ1n) is 6.62. The zero-order valence-corrected chi connectivity index (χ0v) is 11.9. The van der Waals surface area contributed by atoms with Gasteiger partial charge < -0.3 is 10.1 Å². The zero-order valence-electron chi connectivity index (χ0n) is 11.9. The SMILES string of the molecule is CCOC(=O)CC1=Nc2cc(C)c(C)cc2NC(=O)C1. The van der Waals surface area contributed by atoms with Gasteiger partial charge in [-0.3, -0.25) is 14.6 Å². The van der Waals surface area contributed by atoms with Crippen molar-refractivity contribution in [2.45, 2.75) is 33.6 Å². The van der Waals surface area contributed by atoms with Crippen LogP contribution in [0.2, 0.25) is 0 Å². The largest absolute Gasteiger partial charge is 0.466 e. The minimum Gasteiger partial charge on any atom is -0.466 e. The number of carbonyl (C=O) groups excluding carboxylic acids is 2. The normalized spacial score (nSPS) is 13.9. The monoisotopic (exact) mass is 274 g/mol. The number of fused-ring (bicyclic) bond motifs is 1. The molecule has 0 spiro atoms. The molecule has 0 aromatic heterocycles. The first kappa shape index (κ1) is 14.2. The van der Waals surface area contributed by atoms with Gasteiger partial charge in [-0.15, -0.1) is 0 Å². The van der Waals surface area contributed by atoms with E-state index in [9.17, 15) is 9.59 Å². The summed E-state index contributed by atoms with van der Waals surface area (Å²) in [6, 6.07) is 3.82. The predicted molar refractivity (Wildman–Crippen MR) is 77.5 cm³/mol. The summed E-state index contributed by atoms with van der Waals surface area (Å²) in [5, 5.41) is 2.82. The summed E-state index contributed by atoms with van der Waals surface area (Å²) in [6.07, 6.45) is 0.166. The van der Waals surface area contributed by atoms with Gasteiger partial charge in [-0.05, 0) is 44.0 Å². The van der Waals surface area contributed by atoms with Crippen LogP contribution in [0.25, 0.3) is 0 Å². The molecule has 1 amide bonds. The lowest BCUT2D eigenvalue weighted by molar-refractivity contribution is -0.141. The number of hydrogen-bond acceptors (Lipinski definition) is 4. The fourth-order valence-corrected chi connectivity index (χ4v) is 2.06. The minimum atomic E-state index is -0.355. The molecule has 0 saturated heterocycles. The number of nitrogens with one attached hydrogen (secondary N) is 1. The number of aryl methyl sites for hydroxylation is 2. The van der Waals surface area contributed by atoms with Gasteiger partial charge in [0, 0.05) is 5.71 Å². The van der Waals surface area contributed by atoms with Crippen molar-refractivity contribution in [1.82, 2.24) is 0 Å². The van der Waals surface area contributed by atoms with Crippen LogP contribution in [-0.4, -0.2) is 24.2 Å². The average Bonchev–Trinajstić information content (AvgIpc) is 2.48. The number of nitrogens with zero attached hydrogens (tertiary/aromatic N) is 1. The molecule has 1 aliphatic heterocycles. The Hall–Kier alpha value is -2.17. The van der Waals surface area contributed by atoms with Crippen LogP contribution in [0.15, 0.2) is 17.1 Å². The Morgan fingerprint density at radius 1 is 1.35 bits per heavy atom. The van der Waals surface area contributed by atoms with Gasteiger partial charge in [-0.1, -0.05) is 0 Å². The van der Waals surface area contributed by atoms with E-state index in [-0.39, 0.29) is 24.7 Å². The van der Waals surface area contributed by atoms with Crippen molar-refractivity contribution in [1.29, 1.82) is 0 Å². The summed E-state index contributed by atoms with van der Waals surface area (Å²) < 4.78 is 4.90. The van der Waals surface area contributed by atoms with Gasteiger partial charge in [0.05, 0.1) is 30.8 Å². The van der Waals surface area contributed by atoms with Gasteiger partial charge in [-0.25, -0.2) is 0 Å². The fraction of sp³-hybridized carbons (Fsp3) is 0.400. The molecule has 1 N–H and O–H groups in total. The second-order valence-electron chi connectivity index (χ2n) is 4.84. The molecule has 0 unspecified atom stereocenters. The Morgan fingerprint density at radius 2 is 2.05 bits per heavy atom. The molecule has 2 rings (SSSR count). The van der Waals surface area contributed by atoms with Crippen LogP contribution in [0.1, 0.15) is 30.9 Å². The lowest BCUT2D eigenvalue weighted by Crippen LogP contribution is -2.17. The Bertz CT molecular complexity index is 591. The molecule has 0 atom stereocenters. The highest BCUT2D eigenvalue weighted by Crippen LogP contribution is 2.31. The maximum atomic E-state index is 11.8. The van der Waals surface area contributed by atoms with E-state index in [2.05, 4.69) is 10.3 Å². The second-order valence-corrected chi connectivity index (χ2v) is 4.84. The van der Waals surface area contributed by atoms with Gasteiger partial charge in [-0.2, -0.15) is 0 Å². The molecule has 1 aliphatic rings. The smallest absolute Gasteiger partial charge is 0.311 e. The lowest BCUT2D eigenvalue weighted by atomic mass is 10.1. The molecule has 1 aromatic carbocycles. The summed E-state index contributed by atoms with van der Waals surface area (Å²) in [6.45, 7) is 6.05. The van der Waals surface area contributed by atoms with E-state index in [4.69, 9.17) is 4.74 Å². The summed E-state index contributed by atoms with van der Waals surface area (Å²) in [7, 11) is 0. The van der Waals surface area contributed by atoms with Crippen molar-refractivity contribution in [3.8, 4) is 0 Å². The van der Waals surface area contributed by atoms with Crippen molar-refractivity contribution in [2.24, 2.45) is 4.99 Å². The van der Waals surface area contributed by atoms with Crippen molar-refractivity contribution in [2.75, 3.05) is 11.9 Å². The quantitative estimate of drug-likeness (QED) is 0.862.